The molecule has 0 bridgehead atoms. The van der Waals surface area contributed by atoms with Crippen molar-refractivity contribution in [1.29, 1.82) is 0 Å². The van der Waals surface area contributed by atoms with Crippen molar-refractivity contribution in [3.63, 3.8) is 0 Å². The maximum Gasteiger partial charge on any atom is 0.220 e. The Hall–Kier alpha value is -1.53. The minimum absolute atomic E-state index is 0.236. The molecule has 0 saturated carbocycles. The molecule has 0 aromatic rings. The van der Waals surface area contributed by atoms with E-state index in [2.05, 4.69) is 31.3 Å². The van der Waals surface area contributed by atoms with Crippen LogP contribution in [-0.2, 0) is 23.7 Å². The molecule has 2 aliphatic heterocycles. The van der Waals surface area contributed by atoms with E-state index in [1.165, 1.54) is 199 Å². The molecule has 2 heterocycles. The van der Waals surface area contributed by atoms with Gasteiger partial charge in [0.05, 0.1) is 32.0 Å². The van der Waals surface area contributed by atoms with Crippen LogP contribution in [0.15, 0.2) is 24.3 Å². The Bertz CT molecular complexity index is 1350. The zero-order valence-corrected chi connectivity index (χ0v) is 47.6. The van der Waals surface area contributed by atoms with Crippen molar-refractivity contribution >= 4 is 5.91 Å². The standard InChI is InChI=1S/C61H115NO13/c1-3-5-7-9-11-13-15-17-18-19-20-21-22-23-24-25-26-27-28-29-30-31-32-33-35-37-39-41-43-45-53(66)62-49(50(65)44-42-40-38-36-34-16-14-12-10-8-6-4-2)48-72-60-58(71)56(69)59(52(47-64)74-60)75-61-57(70)55(68)54(67)51(46-63)73-61/h19-20,42,44,49-52,54-61,63-65,67-71H,3-18,21-41,43,45-48H2,1-2H3,(H,62,66)/b20-19-,44-42+. The number of hydrogen-bond acceptors (Lipinski definition) is 13. The summed E-state index contributed by atoms with van der Waals surface area (Å²) in [5.74, 6) is -0.236. The van der Waals surface area contributed by atoms with Gasteiger partial charge in [0.2, 0.25) is 5.91 Å². The highest BCUT2D eigenvalue weighted by Gasteiger charge is 2.51. The van der Waals surface area contributed by atoms with E-state index in [-0.39, 0.29) is 18.9 Å². The highest BCUT2D eigenvalue weighted by atomic mass is 16.7. The van der Waals surface area contributed by atoms with E-state index in [1.807, 2.05) is 6.08 Å². The van der Waals surface area contributed by atoms with E-state index in [0.29, 0.717) is 6.42 Å². The van der Waals surface area contributed by atoms with Crippen molar-refractivity contribution in [1.82, 2.24) is 5.32 Å². The number of hydrogen-bond donors (Lipinski definition) is 9. The van der Waals surface area contributed by atoms with Crippen molar-refractivity contribution in [3.05, 3.63) is 24.3 Å². The Kier molecular flexibility index (Phi) is 43.9. The third-order valence-corrected chi connectivity index (χ3v) is 15.4. The Morgan fingerprint density at radius 1 is 0.467 bits per heavy atom. The summed E-state index contributed by atoms with van der Waals surface area (Å²) < 4.78 is 22.8. The summed E-state index contributed by atoms with van der Waals surface area (Å²) in [4.78, 5) is 13.2. The number of unbranched alkanes of at least 4 members (excludes halogenated alkanes) is 35. The third kappa shape index (κ3) is 33.0. The molecule has 2 aliphatic rings. The lowest BCUT2D eigenvalue weighted by atomic mass is 9.97. The molecule has 0 spiro atoms. The van der Waals surface area contributed by atoms with Crippen LogP contribution < -0.4 is 5.32 Å². The van der Waals surface area contributed by atoms with E-state index in [9.17, 15) is 45.6 Å². The SMILES string of the molecule is CCCCCCCCCC/C=C\CCCCCCCCCCCCCCCCCCCC(=O)NC(COC1OC(CO)C(OC2OC(CO)C(O)C(O)C2O)C(O)C1O)C(O)/C=C/CCCCCCCCCCCC. The fraction of sp³-hybridized carbons (Fsp3) is 0.918. The maximum absolute atomic E-state index is 13.2. The molecule has 0 aromatic heterocycles. The van der Waals surface area contributed by atoms with Gasteiger partial charge >= 0.3 is 0 Å². The van der Waals surface area contributed by atoms with Crippen LogP contribution in [0.1, 0.15) is 264 Å². The summed E-state index contributed by atoms with van der Waals surface area (Å²) >= 11 is 0. The van der Waals surface area contributed by atoms with Crippen LogP contribution >= 0.6 is 0 Å². The Labute approximate surface area is 456 Å². The lowest BCUT2D eigenvalue weighted by molar-refractivity contribution is -0.359. The van der Waals surface area contributed by atoms with Gasteiger partial charge in [-0.25, -0.2) is 0 Å². The number of rotatable bonds is 50. The minimum atomic E-state index is -1.79. The van der Waals surface area contributed by atoms with Crippen LogP contribution in [-0.4, -0.2) is 140 Å². The van der Waals surface area contributed by atoms with Crippen LogP contribution in [0.2, 0.25) is 0 Å². The molecule has 14 heteroatoms. The van der Waals surface area contributed by atoms with Gasteiger partial charge in [-0.3, -0.25) is 4.79 Å². The van der Waals surface area contributed by atoms with E-state index in [0.717, 1.165) is 38.5 Å². The van der Waals surface area contributed by atoms with Gasteiger partial charge in [-0.2, -0.15) is 0 Å². The van der Waals surface area contributed by atoms with Gasteiger partial charge in [-0.1, -0.05) is 237 Å². The van der Waals surface area contributed by atoms with Crippen molar-refractivity contribution in [3.8, 4) is 0 Å². The predicted octanol–water partition coefficient (Wildman–Crippen LogP) is 10.8. The van der Waals surface area contributed by atoms with Gasteiger partial charge in [0.1, 0.15) is 48.8 Å². The summed E-state index contributed by atoms with van der Waals surface area (Å²) in [6, 6.07) is -0.910. The van der Waals surface area contributed by atoms with Gasteiger partial charge in [-0.15, -0.1) is 0 Å². The molecule has 1 amide bonds. The van der Waals surface area contributed by atoms with Crippen molar-refractivity contribution in [2.75, 3.05) is 19.8 Å². The Morgan fingerprint density at radius 3 is 1.27 bits per heavy atom. The Morgan fingerprint density at radius 2 is 0.840 bits per heavy atom. The molecule has 75 heavy (non-hydrogen) atoms. The molecule has 442 valence electrons. The van der Waals surface area contributed by atoms with E-state index in [4.69, 9.17) is 18.9 Å². The van der Waals surface area contributed by atoms with Crippen molar-refractivity contribution in [2.45, 2.75) is 338 Å². The number of carbonyl (C=O) groups excluding carboxylic acids is 1. The zero-order valence-electron chi connectivity index (χ0n) is 47.6. The highest BCUT2D eigenvalue weighted by molar-refractivity contribution is 5.76. The van der Waals surface area contributed by atoms with Crippen LogP contribution in [0.25, 0.3) is 0 Å². The molecule has 0 radical (unpaired) electrons. The fourth-order valence-corrected chi connectivity index (χ4v) is 10.3. The summed E-state index contributed by atoms with van der Waals surface area (Å²) in [5.41, 5.74) is 0. The van der Waals surface area contributed by atoms with Crippen LogP contribution in [0.3, 0.4) is 0 Å². The molecular weight excluding hydrogens is 955 g/mol. The average Bonchev–Trinajstić information content (AvgIpc) is 3.41. The van der Waals surface area contributed by atoms with Gasteiger partial charge in [0.15, 0.2) is 12.6 Å². The molecule has 12 unspecified atom stereocenters. The maximum atomic E-state index is 13.2. The average molecular weight is 1070 g/mol. The second kappa shape index (κ2) is 47.3. The smallest absolute Gasteiger partial charge is 0.220 e. The summed E-state index contributed by atoms with van der Waals surface area (Å²) in [6.07, 6.45) is 39.5. The van der Waals surface area contributed by atoms with E-state index >= 15 is 0 Å². The first kappa shape index (κ1) is 69.6. The number of aliphatic hydroxyl groups is 8. The zero-order chi connectivity index (χ0) is 54.6. The fourth-order valence-electron chi connectivity index (χ4n) is 10.3. The number of ether oxygens (including phenoxy) is 4. The normalized spacial score (nSPS) is 25.1. The minimum Gasteiger partial charge on any atom is -0.394 e. The van der Waals surface area contributed by atoms with Crippen molar-refractivity contribution < 1.29 is 64.6 Å². The van der Waals surface area contributed by atoms with Gasteiger partial charge in [0, 0.05) is 6.42 Å². The first-order chi connectivity index (χ1) is 36.6. The molecule has 9 N–H and O–H groups in total. The molecule has 0 aliphatic carbocycles. The van der Waals surface area contributed by atoms with Crippen LogP contribution in [0.4, 0.5) is 0 Å². The van der Waals surface area contributed by atoms with Crippen LogP contribution in [0.5, 0.6) is 0 Å². The molecule has 14 nitrogen and oxygen atoms in total. The molecule has 12 atom stereocenters. The Balaban J connectivity index is 1.66. The largest absolute Gasteiger partial charge is 0.394 e. The molecule has 2 rings (SSSR count). The lowest BCUT2D eigenvalue weighted by Crippen LogP contribution is -2.65. The highest BCUT2D eigenvalue weighted by Crippen LogP contribution is 2.30. The predicted molar refractivity (Wildman–Crippen MR) is 300 cm³/mol. The quantitative estimate of drug-likeness (QED) is 0.0204. The molecule has 2 saturated heterocycles. The number of aliphatic hydroxyl groups excluding tert-OH is 8. The number of carbonyl (C=O) groups is 1. The van der Waals surface area contributed by atoms with Crippen LogP contribution in [0, 0.1) is 0 Å². The number of allylic oxidation sites excluding steroid dienone is 3. The van der Waals surface area contributed by atoms with Gasteiger partial charge in [-0.05, 0) is 44.9 Å². The summed E-state index contributed by atoms with van der Waals surface area (Å²) in [6.45, 7) is 2.80. The molecular formula is C61H115NO13. The molecule has 2 fully saturated rings. The van der Waals surface area contributed by atoms with Gasteiger partial charge in [0.25, 0.3) is 0 Å². The van der Waals surface area contributed by atoms with E-state index in [1.54, 1.807) is 6.08 Å². The lowest BCUT2D eigenvalue weighted by Gasteiger charge is -2.46. The van der Waals surface area contributed by atoms with Gasteiger partial charge < -0.3 is 65.1 Å². The summed E-state index contributed by atoms with van der Waals surface area (Å²) in [5, 5.41) is 87.0. The number of nitrogens with one attached hydrogen (secondary N) is 1. The summed E-state index contributed by atoms with van der Waals surface area (Å²) in [7, 11) is 0. The number of amides is 1. The third-order valence-electron chi connectivity index (χ3n) is 15.4. The van der Waals surface area contributed by atoms with Crippen molar-refractivity contribution in [2.24, 2.45) is 0 Å². The monoisotopic (exact) mass is 1070 g/mol. The first-order valence-electron chi connectivity index (χ1n) is 31.1. The second-order valence-electron chi connectivity index (χ2n) is 22.2. The second-order valence-corrected chi connectivity index (χ2v) is 22.2. The first-order valence-corrected chi connectivity index (χ1v) is 31.1. The molecule has 0 aromatic carbocycles. The topological polar surface area (TPSA) is 228 Å². The van der Waals surface area contributed by atoms with E-state index < -0.39 is 86.8 Å².